The Balaban J connectivity index is 2.12. The summed E-state index contributed by atoms with van der Waals surface area (Å²) >= 11 is 3.33. The maximum absolute atomic E-state index is 13.9. The fourth-order valence-electron chi connectivity index (χ4n) is 2.04. The van der Waals surface area contributed by atoms with E-state index in [9.17, 15) is 9.18 Å². The quantitative estimate of drug-likeness (QED) is 0.761. The Kier molecular flexibility index (Phi) is 4.53. The van der Waals surface area contributed by atoms with Crippen LogP contribution >= 0.6 is 15.9 Å². The zero-order chi connectivity index (χ0) is 13.0. The number of hydrogen-bond acceptors (Lipinski definition) is 1. The lowest BCUT2D eigenvalue weighted by Gasteiger charge is -2.25. The normalized spacial score (nSPS) is 16.8. The fraction of sp³-hybridized carbons (Fsp3) is 0.357. The van der Waals surface area contributed by atoms with Crippen LogP contribution in [0, 0.1) is 0 Å². The molecule has 1 saturated heterocycles. The van der Waals surface area contributed by atoms with E-state index in [1.807, 2.05) is 18.2 Å². The van der Waals surface area contributed by atoms with Crippen LogP contribution in [0.2, 0.25) is 0 Å². The molecule has 1 aromatic carbocycles. The van der Waals surface area contributed by atoms with Gasteiger partial charge < -0.3 is 4.90 Å². The topological polar surface area (TPSA) is 20.3 Å². The summed E-state index contributed by atoms with van der Waals surface area (Å²) in [6, 6.07) is 7.26. The molecule has 1 fully saturated rings. The van der Waals surface area contributed by atoms with Gasteiger partial charge in [-0.1, -0.05) is 34.1 Å². The molecular formula is C14H15BrFNO. The lowest BCUT2D eigenvalue weighted by molar-refractivity contribution is -0.129. The molecule has 0 N–H and O–H groups in total. The highest BCUT2D eigenvalue weighted by atomic mass is 79.9. The van der Waals surface area contributed by atoms with Crippen molar-refractivity contribution >= 4 is 27.9 Å². The maximum atomic E-state index is 13.9. The number of benzene rings is 1. The first kappa shape index (κ1) is 13.3. The van der Waals surface area contributed by atoms with Crippen LogP contribution in [0.5, 0.6) is 0 Å². The second-order valence-corrected chi connectivity index (χ2v) is 5.22. The van der Waals surface area contributed by atoms with Gasteiger partial charge in [-0.05, 0) is 37.0 Å². The van der Waals surface area contributed by atoms with Crippen LogP contribution in [0.3, 0.4) is 0 Å². The predicted octanol–water partition coefficient (Wildman–Crippen LogP) is 3.77. The van der Waals surface area contributed by atoms with Crippen molar-refractivity contribution in [2.75, 3.05) is 13.1 Å². The fourth-order valence-corrected chi connectivity index (χ4v) is 2.44. The number of carbonyl (C=O) groups excluding carboxylic acids is 1. The van der Waals surface area contributed by atoms with E-state index >= 15 is 0 Å². The van der Waals surface area contributed by atoms with Gasteiger partial charge in [0.2, 0.25) is 0 Å². The van der Waals surface area contributed by atoms with Crippen molar-refractivity contribution in [2.45, 2.75) is 19.3 Å². The van der Waals surface area contributed by atoms with Gasteiger partial charge >= 0.3 is 0 Å². The summed E-state index contributed by atoms with van der Waals surface area (Å²) in [5, 5.41) is 0. The molecule has 2 nitrogen and oxygen atoms in total. The minimum Gasteiger partial charge on any atom is -0.337 e. The summed E-state index contributed by atoms with van der Waals surface area (Å²) < 4.78 is 14.7. The number of amides is 1. The maximum Gasteiger partial charge on any atom is 0.282 e. The first-order valence-electron chi connectivity index (χ1n) is 6.09. The molecule has 0 atom stereocenters. The van der Waals surface area contributed by atoms with E-state index in [2.05, 4.69) is 15.9 Å². The molecule has 0 radical (unpaired) electrons. The molecule has 0 aliphatic carbocycles. The zero-order valence-corrected chi connectivity index (χ0v) is 11.6. The smallest absolute Gasteiger partial charge is 0.282 e. The van der Waals surface area contributed by atoms with E-state index in [1.54, 1.807) is 11.0 Å². The average Bonchev–Trinajstić information content (AvgIpc) is 2.41. The van der Waals surface area contributed by atoms with Gasteiger partial charge in [0.15, 0.2) is 5.83 Å². The molecular weight excluding hydrogens is 297 g/mol. The van der Waals surface area contributed by atoms with Gasteiger partial charge in [-0.2, -0.15) is 0 Å². The second kappa shape index (κ2) is 6.14. The molecule has 1 amide bonds. The molecule has 1 heterocycles. The summed E-state index contributed by atoms with van der Waals surface area (Å²) in [4.78, 5) is 13.5. The van der Waals surface area contributed by atoms with Gasteiger partial charge in [0.1, 0.15) is 0 Å². The van der Waals surface area contributed by atoms with Gasteiger partial charge in [-0.25, -0.2) is 4.39 Å². The third kappa shape index (κ3) is 3.19. The SMILES string of the molecule is O=C(/C(F)=C\c1ccccc1Br)N1CCCCC1. The molecule has 0 spiro atoms. The highest BCUT2D eigenvalue weighted by Gasteiger charge is 2.20. The third-order valence-corrected chi connectivity index (χ3v) is 3.76. The van der Waals surface area contributed by atoms with Gasteiger partial charge in [0, 0.05) is 17.6 Å². The minimum atomic E-state index is -0.691. The Morgan fingerprint density at radius 2 is 1.89 bits per heavy atom. The van der Waals surface area contributed by atoms with Gasteiger partial charge in [0.05, 0.1) is 0 Å². The van der Waals surface area contributed by atoms with Gasteiger partial charge in [0.25, 0.3) is 5.91 Å². The number of hydrogen-bond donors (Lipinski definition) is 0. The summed E-state index contributed by atoms with van der Waals surface area (Å²) in [5.74, 6) is -1.19. The molecule has 1 aliphatic heterocycles. The second-order valence-electron chi connectivity index (χ2n) is 4.37. The molecule has 1 aromatic rings. The summed E-state index contributed by atoms with van der Waals surface area (Å²) in [7, 11) is 0. The largest absolute Gasteiger partial charge is 0.337 e. The average molecular weight is 312 g/mol. The van der Waals surface area contributed by atoms with E-state index in [4.69, 9.17) is 0 Å². The van der Waals surface area contributed by atoms with E-state index in [1.165, 1.54) is 6.08 Å². The molecule has 4 heteroatoms. The Labute approximate surface area is 115 Å². The van der Waals surface area contributed by atoms with E-state index in [-0.39, 0.29) is 0 Å². The van der Waals surface area contributed by atoms with Crippen LogP contribution in [-0.2, 0) is 4.79 Å². The summed E-state index contributed by atoms with van der Waals surface area (Å²) in [5.41, 5.74) is 0.681. The molecule has 18 heavy (non-hydrogen) atoms. The van der Waals surface area contributed by atoms with E-state index in [0.29, 0.717) is 18.7 Å². The first-order chi connectivity index (χ1) is 8.68. The van der Waals surface area contributed by atoms with Crippen LogP contribution in [0.15, 0.2) is 34.6 Å². The Bertz CT molecular complexity index is 467. The lowest BCUT2D eigenvalue weighted by atomic mass is 10.1. The molecule has 2 rings (SSSR count). The van der Waals surface area contributed by atoms with Crippen molar-refractivity contribution in [3.8, 4) is 0 Å². The highest BCUT2D eigenvalue weighted by Crippen LogP contribution is 2.21. The Hall–Kier alpha value is -1.16. The Morgan fingerprint density at radius 1 is 1.22 bits per heavy atom. The van der Waals surface area contributed by atoms with Crippen LogP contribution in [0.1, 0.15) is 24.8 Å². The predicted molar refractivity (Wildman–Crippen MR) is 73.7 cm³/mol. The highest BCUT2D eigenvalue weighted by molar-refractivity contribution is 9.10. The number of likely N-dealkylation sites (tertiary alicyclic amines) is 1. The van der Waals surface area contributed by atoms with Gasteiger partial charge in [-0.15, -0.1) is 0 Å². The molecule has 0 unspecified atom stereocenters. The number of nitrogens with zero attached hydrogens (tertiary/aromatic N) is 1. The zero-order valence-electron chi connectivity index (χ0n) is 10.0. The first-order valence-corrected chi connectivity index (χ1v) is 6.89. The number of halogens is 2. The monoisotopic (exact) mass is 311 g/mol. The van der Waals surface area contributed by atoms with Crippen LogP contribution in [0.4, 0.5) is 4.39 Å². The summed E-state index contributed by atoms with van der Waals surface area (Å²) in [6.45, 7) is 1.33. The van der Waals surface area contributed by atoms with Crippen molar-refractivity contribution in [3.63, 3.8) is 0 Å². The van der Waals surface area contributed by atoms with Crippen molar-refractivity contribution < 1.29 is 9.18 Å². The lowest BCUT2D eigenvalue weighted by Crippen LogP contribution is -2.35. The Morgan fingerprint density at radius 3 is 2.56 bits per heavy atom. The van der Waals surface area contributed by atoms with Gasteiger partial charge in [-0.3, -0.25) is 4.79 Å². The minimum absolute atomic E-state index is 0.495. The molecule has 0 aromatic heterocycles. The van der Waals surface area contributed by atoms with Crippen molar-refractivity contribution in [1.82, 2.24) is 4.90 Å². The van der Waals surface area contributed by atoms with Crippen molar-refractivity contribution in [3.05, 3.63) is 40.1 Å². The summed E-state index contributed by atoms with van der Waals surface area (Å²) in [6.07, 6.45) is 4.35. The third-order valence-electron chi connectivity index (χ3n) is 3.04. The molecule has 0 bridgehead atoms. The number of carbonyl (C=O) groups is 1. The van der Waals surface area contributed by atoms with Crippen molar-refractivity contribution in [2.24, 2.45) is 0 Å². The molecule has 96 valence electrons. The molecule has 1 aliphatic rings. The molecule has 0 saturated carbocycles. The standard InChI is InChI=1S/C14H15BrFNO/c15-12-7-3-2-6-11(12)10-13(16)14(18)17-8-4-1-5-9-17/h2-3,6-7,10H,1,4-5,8-9H2/b13-10+. The number of piperidine rings is 1. The van der Waals surface area contributed by atoms with Crippen LogP contribution < -0.4 is 0 Å². The van der Waals surface area contributed by atoms with Crippen LogP contribution in [-0.4, -0.2) is 23.9 Å². The van der Waals surface area contributed by atoms with E-state index in [0.717, 1.165) is 23.7 Å². The number of rotatable bonds is 2. The van der Waals surface area contributed by atoms with E-state index < -0.39 is 11.7 Å². The van der Waals surface area contributed by atoms with Crippen LogP contribution in [0.25, 0.3) is 6.08 Å². The van der Waals surface area contributed by atoms with Crippen molar-refractivity contribution in [1.29, 1.82) is 0 Å².